The largest absolute Gasteiger partial charge is 0.476 e. The number of carbonyl (C=O) groups excluding carboxylic acids is 1. The highest BCUT2D eigenvalue weighted by Gasteiger charge is 2.13. The standard InChI is InChI=1S/C13H14BrNO4/c1-2-18-13(17)9-7-11-10(14)3-4-12(15(11)8-9)19-6-5-16/h3-4,7-8,16H,2,5-6H2,1H3. The molecule has 0 atom stereocenters. The molecule has 5 nitrogen and oxygen atoms in total. The number of aliphatic hydroxyl groups is 1. The number of aromatic nitrogens is 1. The minimum Gasteiger partial charge on any atom is -0.476 e. The Morgan fingerprint density at radius 3 is 2.95 bits per heavy atom. The summed E-state index contributed by atoms with van der Waals surface area (Å²) in [6.07, 6.45) is 1.66. The molecule has 19 heavy (non-hydrogen) atoms. The number of hydrogen-bond donors (Lipinski definition) is 1. The van der Waals surface area contributed by atoms with Crippen LogP contribution in [-0.4, -0.2) is 35.3 Å². The molecular weight excluding hydrogens is 314 g/mol. The highest BCUT2D eigenvalue weighted by Crippen LogP contribution is 2.26. The maximum Gasteiger partial charge on any atom is 0.339 e. The Morgan fingerprint density at radius 1 is 1.47 bits per heavy atom. The predicted octanol–water partition coefficient (Wildman–Crippen LogP) is 2.25. The van der Waals surface area contributed by atoms with Gasteiger partial charge < -0.3 is 14.6 Å². The molecule has 2 rings (SSSR count). The third-order valence-electron chi connectivity index (χ3n) is 2.53. The first-order valence-corrected chi connectivity index (χ1v) is 6.68. The van der Waals surface area contributed by atoms with Crippen molar-refractivity contribution in [3.63, 3.8) is 0 Å². The van der Waals surface area contributed by atoms with E-state index in [0.29, 0.717) is 18.1 Å². The van der Waals surface area contributed by atoms with Gasteiger partial charge in [0.2, 0.25) is 0 Å². The molecular formula is C13H14BrNO4. The summed E-state index contributed by atoms with van der Waals surface area (Å²) in [5.41, 5.74) is 1.26. The number of hydrogen-bond acceptors (Lipinski definition) is 4. The maximum absolute atomic E-state index is 11.7. The van der Waals surface area contributed by atoms with Crippen LogP contribution in [0.15, 0.2) is 28.9 Å². The van der Waals surface area contributed by atoms with Crippen molar-refractivity contribution in [1.29, 1.82) is 0 Å². The van der Waals surface area contributed by atoms with Crippen LogP contribution in [0.3, 0.4) is 0 Å². The van der Waals surface area contributed by atoms with Gasteiger partial charge in [0.25, 0.3) is 0 Å². The number of pyridine rings is 1. The number of fused-ring (bicyclic) bond motifs is 1. The van der Waals surface area contributed by atoms with Gasteiger partial charge in [-0.1, -0.05) is 0 Å². The van der Waals surface area contributed by atoms with Crippen LogP contribution in [0.5, 0.6) is 5.88 Å². The van der Waals surface area contributed by atoms with Crippen molar-refractivity contribution >= 4 is 27.4 Å². The van der Waals surface area contributed by atoms with Crippen molar-refractivity contribution in [2.75, 3.05) is 19.8 Å². The van der Waals surface area contributed by atoms with Crippen LogP contribution < -0.4 is 4.74 Å². The Morgan fingerprint density at radius 2 is 2.26 bits per heavy atom. The summed E-state index contributed by atoms with van der Waals surface area (Å²) in [4.78, 5) is 11.7. The quantitative estimate of drug-likeness (QED) is 0.856. The molecule has 1 N–H and O–H groups in total. The number of aliphatic hydroxyl groups excluding tert-OH is 1. The molecule has 0 aliphatic heterocycles. The molecule has 0 aliphatic carbocycles. The minimum atomic E-state index is -0.369. The number of rotatable bonds is 5. The van der Waals surface area contributed by atoms with Gasteiger partial charge in [0, 0.05) is 10.7 Å². The molecule has 102 valence electrons. The van der Waals surface area contributed by atoms with Gasteiger partial charge >= 0.3 is 5.97 Å². The van der Waals surface area contributed by atoms with Gasteiger partial charge in [0.15, 0.2) is 5.88 Å². The van der Waals surface area contributed by atoms with Crippen LogP contribution in [0, 0.1) is 0 Å². The first-order valence-electron chi connectivity index (χ1n) is 5.88. The lowest BCUT2D eigenvalue weighted by Gasteiger charge is -2.08. The van der Waals surface area contributed by atoms with E-state index in [4.69, 9.17) is 14.6 Å². The molecule has 0 saturated carbocycles. The number of nitrogens with zero attached hydrogens (tertiary/aromatic N) is 1. The molecule has 0 amide bonds. The van der Waals surface area contributed by atoms with E-state index in [1.54, 1.807) is 29.7 Å². The fourth-order valence-electron chi connectivity index (χ4n) is 1.73. The van der Waals surface area contributed by atoms with Gasteiger partial charge in [0.1, 0.15) is 6.61 Å². The normalized spacial score (nSPS) is 10.7. The van der Waals surface area contributed by atoms with Crippen molar-refractivity contribution < 1.29 is 19.4 Å². The summed E-state index contributed by atoms with van der Waals surface area (Å²) in [5, 5.41) is 8.80. The van der Waals surface area contributed by atoms with E-state index < -0.39 is 0 Å². The lowest BCUT2D eigenvalue weighted by Crippen LogP contribution is -2.05. The van der Waals surface area contributed by atoms with Crippen molar-refractivity contribution in [2.45, 2.75) is 6.92 Å². The molecule has 0 radical (unpaired) electrons. The summed E-state index contributed by atoms with van der Waals surface area (Å²) < 4.78 is 13.0. The Balaban J connectivity index is 2.44. The molecule has 0 fully saturated rings. The van der Waals surface area contributed by atoms with E-state index in [-0.39, 0.29) is 19.2 Å². The van der Waals surface area contributed by atoms with E-state index in [2.05, 4.69) is 15.9 Å². The van der Waals surface area contributed by atoms with Crippen LogP contribution >= 0.6 is 15.9 Å². The van der Waals surface area contributed by atoms with E-state index >= 15 is 0 Å². The zero-order chi connectivity index (χ0) is 13.8. The van der Waals surface area contributed by atoms with Gasteiger partial charge in [-0.2, -0.15) is 0 Å². The molecule has 0 saturated heterocycles. The lowest BCUT2D eigenvalue weighted by atomic mass is 10.3. The lowest BCUT2D eigenvalue weighted by molar-refractivity contribution is 0.0526. The molecule has 0 spiro atoms. The van der Waals surface area contributed by atoms with Gasteiger partial charge in [0.05, 0.1) is 24.3 Å². The Kier molecular flexibility index (Phi) is 4.44. The summed E-state index contributed by atoms with van der Waals surface area (Å²) in [6.45, 7) is 2.23. The van der Waals surface area contributed by atoms with Crippen LogP contribution in [0.25, 0.3) is 5.52 Å². The van der Waals surface area contributed by atoms with Gasteiger partial charge in [-0.25, -0.2) is 4.79 Å². The number of halogens is 1. The average Bonchev–Trinajstić information content (AvgIpc) is 2.84. The fourth-order valence-corrected chi connectivity index (χ4v) is 2.17. The third kappa shape index (κ3) is 2.90. The Bertz CT molecular complexity index is 594. The number of carbonyl (C=O) groups is 1. The maximum atomic E-state index is 11.7. The van der Waals surface area contributed by atoms with Crippen LogP contribution in [0.4, 0.5) is 0 Å². The van der Waals surface area contributed by atoms with E-state index in [9.17, 15) is 4.79 Å². The topological polar surface area (TPSA) is 60.2 Å². The van der Waals surface area contributed by atoms with Crippen molar-refractivity contribution in [2.24, 2.45) is 0 Å². The minimum absolute atomic E-state index is 0.0659. The average molecular weight is 328 g/mol. The third-order valence-corrected chi connectivity index (χ3v) is 3.20. The van der Waals surface area contributed by atoms with E-state index in [1.165, 1.54) is 0 Å². The second-order valence-electron chi connectivity index (χ2n) is 3.80. The second-order valence-corrected chi connectivity index (χ2v) is 4.65. The van der Waals surface area contributed by atoms with Crippen molar-refractivity contribution in [1.82, 2.24) is 4.40 Å². The zero-order valence-electron chi connectivity index (χ0n) is 10.4. The summed E-state index contributed by atoms with van der Waals surface area (Å²) in [7, 11) is 0. The summed E-state index contributed by atoms with van der Waals surface area (Å²) in [5.74, 6) is 0.189. The molecule has 0 bridgehead atoms. The van der Waals surface area contributed by atoms with Gasteiger partial charge in [-0.15, -0.1) is 0 Å². The van der Waals surface area contributed by atoms with Crippen molar-refractivity contribution in [3.8, 4) is 5.88 Å². The second kappa shape index (κ2) is 6.08. The number of esters is 1. The molecule has 0 unspecified atom stereocenters. The highest BCUT2D eigenvalue weighted by atomic mass is 79.9. The number of ether oxygens (including phenoxy) is 2. The van der Waals surface area contributed by atoms with Crippen LogP contribution in [0.2, 0.25) is 0 Å². The van der Waals surface area contributed by atoms with Gasteiger partial charge in [-0.05, 0) is 41.1 Å². The van der Waals surface area contributed by atoms with Crippen molar-refractivity contribution in [3.05, 3.63) is 34.4 Å². The SMILES string of the molecule is CCOC(=O)c1cc2c(Br)ccc(OCCO)n2c1. The van der Waals surface area contributed by atoms with Crippen LogP contribution in [0.1, 0.15) is 17.3 Å². The van der Waals surface area contributed by atoms with Crippen LogP contribution in [-0.2, 0) is 4.74 Å². The Hall–Kier alpha value is -1.53. The smallest absolute Gasteiger partial charge is 0.339 e. The van der Waals surface area contributed by atoms with E-state index in [1.807, 2.05) is 6.07 Å². The zero-order valence-corrected chi connectivity index (χ0v) is 12.0. The first kappa shape index (κ1) is 13.9. The molecule has 0 aliphatic rings. The van der Waals surface area contributed by atoms with E-state index in [0.717, 1.165) is 9.99 Å². The molecule has 2 heterocycles. The summed E-state index contributed by atoms with van der Waals surface area (Å²) >= 11 is 3.42. The highest BCUT2D eigenvalue weighted by molar-refractivity contribution is 9.10. The molecule has 2 aromatic heterocycles. The Labute approximate surface area is 118 Å². The molecule has 0 aromatic carbocycles. The fraction of sp³-hybridized carbons (Fsp3) is 0.308. The molecule has 6 heteroatoms. The molecule has 2 aromatic rings. The summed E-state index contributed by atoms with van der Waals surface area (Å²) in [6, 6.07) is 5.33. The monoisotopic (exact) mass is 327 g/mol. The van der Waals surface area contributed by atoms with Gasteiger partial charge in [-0.3, -0.25) is 4.40 Å². The first-order chi connectivity index (χ1) is 9.17. The predicted molar refractivity (Wildman–Crippen MR) is 73.6 cm³/mol.